The average Bonchev–Trinajstić information content (AvgIpc) is 2.83. The lowest BCUT2D eigenvalue weighted by molar-refractivity contribution is 0.623. The van der Waals surface area contributed by atoms with Crippen LogP contribution in [0.15, 0.2) is 22.5 Å². The van der Waals surface area contributed by atoms with Crippen molar-refractivity contribution in [3.05, 3.63) is 22.4 Å². The maximum Gasteiger partial charge on any atom is 0.157 e. The van der Waals surface area contributed by atoms with Gasteiger partial charge in [-0.3, -0.25) is 4.99 Å². The Bertz CT molecular complexity index is 346. The molecule has 0 amide bonds. The first-order valence-corrected chi connectivity index (χ1v) is 7.66. The summed E-state index contributed by atoms with van der Waals surface area (Å²) in [4.78, 5) is 6.10. The zero-order valence-corrected chi connectivity index (χ0v) is 11.4. The van der Waals surface area contributed by atoms with Crippen molar-refractivity contribution in [2.75, 3.05) is 5.75 Å². The molecule has 1 aliphatic rings. The molecule has 0 spiro atoms. The third-order valence-electron chi connectivity index (χ3n) is 2.77. The van der Waals surface area contributed by atoms with Crippen molar-refractivity contribution in [1.29, 1.82) is 0 Å². The van der Waals surface area contributed by atoms with E-state index in [1.165, 1.54) is 17.1 Å². The molecule has 2 nitrogen and oxygen atoms in total. The largest absolute Gasteiger partial charge is 0.358 e. The van der Waals surface area contributed by atoms with Gasteiger partial charge in [0.2, 0.25) is 0 Å². The molecule has 0 saturated heterocycles. The number of thioether (sulfide) groups is 1. The molecular weight excluding hydrogens is 236 g/mol. The summed E-state index contributed by atoms with van der Waals surface area (Å²) in [5.41, 5.74) is 0. The van der Waals surface area contributed by atoms with Crippen LogP contribution in [-0.4, -0.2) is 17.0 Å². The molecule has 1 aliphatic heterocycles. The minimum atomic E-state index is 0.377. The smallest absolute Gasteiger partial charge is 0.157 e. The summed E-state index contributed by atoms with van der Waals surface area (Å²) in [5.74, 6) is 1.20. The number of thiophene rings is 1. The fraction of sp³-hybridized carbons (Fsp3) is 0.583. The normalized spacial score (nSPS) is 22.6. The number of nitrogens with one attached hydrogen (secondary N) is 1. The Morgan fingerprint density at radius 3 is 3.19 bits per heavy atom. The van der Waals surface area contributed by atoms with Crippen LogP contribution in [0.25, 0.3) is 0 Å². The van der Waals surface area contributed by atoms with Crippen molar-refractivity contribution in [3.63, 3.8) is 0 Å². The average molecular weight is 254 g/mol. The molecule has 2 rings (SSSR count). The summed E-state index contributed by atoms with van der Waals surface area (Å²) in [6, 6.07) is 5.18. The molecule has 0 aliphatic carbocycles. The van der Waals surface area contributed by atoms with Crippen molar-refractivity contribution in [2.45, 2.75) is 38.8 Å². The van der Waals surface area contributed by atoms with Crippen LogP contribution < -0.4 is 5.32 Å². The van der Waals surface area contributed by atoms with E-state index in [1.807, 2.05) is 11.8 Å². The monoisotopic (exact) mass is 254 g/mol. The van der Waals surface area contributed by atoms with Gasteiger partial charge in [0.15, 0.2) is 5.17 Å². The summed E-state index contributed by atoms with van der Waals surface area (Å²) < 4.78 is 0. The Morgan fingerprint density at radius 1 is 1.62 bits per heavy atom. The first-order chi connectivity index (χ1) is 7.79. The molecule has 2 atom stereocenters. The number of amidine groups is 1. The molecule has 0 saturated carbocycles. The van der Waals surface area contributed by atoms with E-state index in [0.29, 0.717) is 12.1 Å². The highest BCUT2D eigenvalue weighted by molar-refractivity contribution is 8.13. The van der Waals surface area contributed by atoms with Gasteiger partial charge in [-0.05, 0) is 31.2 Å². The van der Waals surface area contributed by atoms with Gasteiger partial charge in [0.25, 0.3) is 0 Å². The fourth-order valence-electron chi connectivity index (χ4n) is 1.73. The lowest BCUT2D eigenvalue weighted by atomic mass is 10.2. The fourth-order valence-corrected chi connectivity index (χ4v) is 3.53. The van der Waals surface area contributed by atoms with Crippen LogP contribution in [0, 0.1) is 0 Å². The van der Waals surface area contributed by atoms with Crippen molar-refractivity contribution in [3.8, 4) is 0 Å². The van der Waals surface area contributed by atoms with Crippen LogP contribution in [0.4, 0.5) is 0 Å². The van der Waals surface area contributed by atoms with E-state index in [2.05, 4.69) is 36.7 Å². The van der Waals surface area contributed by atoms with Gasteiger partial charge in [0.1, 0.15) is 0 Å². The summed E-state index contributed by atoms with van der Waals surface area (Å²) in [7, 11) is 0. The van der Waals surface area contributed by atoms with Gasteiger partial charge in [-0.2, -0.15) is 0 Å². The van der Waals surface area contributed by atoms with Crippen LogP contribution in [0.5, 0.6) is 0 Å². The van der Waals surface area contributed by atoms with Gasteiger partial charge >= 0.3 is 0 Å². The summed E-state index contributed by atoms with van der Waals surface area (Å²) in [6.07, 6.45) is 2.37. The molecule has 0 aromatic carbocycles. The first-order valence-electron chi connectivity index (χ1n) is 5.80. The summed E-state index contributed by atoms with van der Waals surface area (Å²) in [6.45, 7) is 4.41. The Labute approximate surface area is 106 Å². The molecule has 0 fully saturated rings. The Morgan fingerprint density at radius 2 is 2.50 bits per heavy atom. The van der Waals surface area contributed by atoms with Crippen LogP contribution in [-0.2, 0) is 0 Å². The van der Waals surface area contributed by atoms with Gasteiger partial charge in [0.05, 0.1) is 12.1 Å². The van der Waals surface area contributed by atoms with Gasteiger partial charge in [-0.1, -0.05) is 24.8 Å². The van der Waals surface area contributed by atoms with Gasteiger partial charge < -0.3 is 5.32 Å². The highest BCUT2D eigenvalue weighted by Gasteiger charge is 2.16. The minimum absolute atomic E-state index is 0.377. The van der Waals surface area contributed by atoms with E-state index in [0.717, 1.165) is 11.6 Å². The van der Waals surface area contributed by atoms with Crippen molar-refractivity contribution in [1.82, 2.24) is 5.32 Å². The molecule has 2 unspecified atom stereocenters. The minimum Gasteiger partial charge on any atom is -0.358 e. The zero-order valence-electron chi connectivity index (χ0n) is 9.77. The summed E-state index contributed by atoms with van der Waals surface area (Å²) >= 11 is 3.65. The molecule has 88 valence electrons. The third-order valence-corrected chi connectivity index (χ3v) is 4.76. The van der Waals surface area contributed by atoms with E-state index in [1.54, 1.807) is 11.3 Å². The molecule has 16 heavy (non-hydrogen) atoms. The van der Waals surface area contributed by atoms with E-state index < -0.39 is 0 Å². The Balaban J connectivity index is 1.96. The second kappa shape index (κ2) is 5.73. The SMILES string of the molecule is CCC1CCSC(NC(C)c2cccs2)=N1. The van der Waals surface area contributed by atoms with Crippen LogP contribution in [0.2, 0.25) is 0 Å². The van der Waals surface area contributed by atoms with Gasteiger partial charge in [-0.15, -0.1) is 11.3 Å². The van der Waals surface area contributed by atoms with Crippen LogP contribution >= 0.6 is 23.1 Å². The third kappa shape index (κ3) is 3.01. The number of nitrogens with zero attached hydrogens (tertiary/aromatic N) is 1. The molecule has 2 heterocycles. The molecular formula is C12H18N2S2. The number of rotatable bonds is 3. The maximum atomic E-state index is 4.72. The van der Waals surface area contributed by atoms with Gasteiger partial charge in [-0.25, -0.2) is 0 Å². The highest BCUT2D eigenvalue weighted by Crippen LogP contribution is 2.23. The molecule has 0 bridgehead atoms. The quantitative estimate of drug-likeness (QED) is 0.890. The predicted octanol–water partition coefficient (Wildman–Crippen LogP) is 3.67. The first kappa shape index (κ1) is 12.0. The molecule has 4 heteroatoms. The van der Waals surface area contributed by atoms with E-state index in [9.17, 15) is 0 Å². The lowest BCUT2D eigenvalue weighted by Gasteiger charge is -2.22. The molecule has 0 radical (unpaired) electrons. The zero-order chi connectivity index (χ0) is 11.4. The van der Waals surface area contributed by atoms with Crippen molar-refractivity contribution < 1.29 is 0 Å². The number of aliphatic imine (C=N–C) groups is 1. The molecule has 1 N–H and O–H groups in total. The highest BCUT2D eigenvalue weighted by atomic mass is 32.2. The maximum absolute atomic E-state index is 4.72. The Kier molecular flexibility index (Phi) is 4.29. The topological polar surface area (TPSA) is 24.4 Å². The van der Waals surface area contributed by atoms with Crippen LogP contribution in [0.1, 0.15) is 37.6 Å². The van der Waals surface area contributed by atoms with Gasteiger partial charge in [0, 0.05) is 10.6 Å². The standard InChI is InChI=1S/C12H18N2S2/c1-3-10-6-8-16-12(14-10)13-9(2)11-5-4-7-15-11/h4-5,7,9-10H,3,6,8H2,1-2H3,(H,13,14). The number of hydrogen-bond donors (Lipinski definition) is 1. The second-order valence-electron chi connectivity index (χ2n) is 4.01. The van der Waals surface area contributed by atoms with E-state index in [4.69, 9.17) is 4.99 Å². The Hall–Kier alpha value is -0.480. The molecule has 1 aromatic rings. The second-order valence-corrected chi connectivity index (χ2v) is 6.08. The van der Waals surface area contributed by atoms with Crippen molar-refractivity contribution in [2.24, 2.45) is 4.99 Å². The predicted molar refractivity (Wildman–Crippen MR) is 74.5 cm³/mol. The summed E-state index contributed by atoms with van der Waals surface area (Å²) in [5, 5.41) is 6.76. The number of hydrogen-bond acceptors (Lipinski definition) is 4. The van der Waals surface area contributed by atoms with E-state index in [-0.39, 0.29) is 0 Å². The molecule has 1 aromatic heterocycles. The lowest BCUT2D eigenvalue weighted by Crippen LogP contribution is -2.28. The van der Waals surface area contributed by atoms with Crippen LogP contribution in [0.3, 0.4) is 0 Å². The van der Waals surface area contributed by atoms with Crippen molar-refractivity contribution >= 4 is 28.3 Å². The van der Waals surface area contributed by atoms with E-state index >= 15 is 0 Å².